The van der Waals surface area contributed by atoms with Gasteiger partial charge in [-0.25, -0.2) is 4.79 Å². The van der Waals surface area contributed by atoms with E-state index in [1.165, 1.54) is 0 Å². The number of rotatable bonds is 8. The highest BCUT2D eigenvalue weighted by molar-refractivity contribution is 5.99. The van der Waals surface area contributed by atoms with Crippen LogP contribution >= 0.6 is 0 Å². The molecule has 1 saturated heterocycles. The molecule has 30 heavy (non-hydrogen) atoms. The molecule has 1 aromatic carbocycles. The second-order valence-electron chi connectivity index (χ2n) is 8.13. The van der Waals surface area contributed by atoms with Crippen molar-refractivity contribution in [2.24, 2.45) is 0 Å². The quantitative estimate of drug-likeness (QED) is 0.483. The second-order valence-corrected chi connectivity index (χ2v) is 8.13. The topological polar surface area (TPSA) is 66.8 Å². The number of aryl methyl sites for hydroxylation is 4. The van der Waals surface area contributed by atoms with Crippen LogP contribution in [-0.2, 0) is 20.8 Å². The fourth-order valence-corrected chi connectivity index (χ4v) is 4.15. The van der Waals surface area contributed by atoms with E-state index < -0.39 is 5.97 Å². The van der Waals surface area contributed by atoms with Gasteiger partial charge < -0.3 is 18.8 Å². The maximum absolute atomic E-state index is 12.6. The second kappa shape index (κ2) is 9.47. The molecule has 0 amide bonds. The van der Waals surface area contributed by atoms with Crippen LogP contribution in [0.25, 0.3) is 0 Å². The lowest BCUT2D eigenvalue weighted by molar-refractivity contribution is -0.144. The van der Waals surface area contributed by atoms with Gasteiger partial charge >= 0.3 is 5.97 Å². The number of hydrogen-bond donors (Lipinski definition) is 0. The van der Waals surface area contributed by atoms with E-state index in [1.54, 1.807) is 0 Å². The third kappa shape index (κ3) is 5.11. The summed E-state index contributed by atoms with van der Waals surface area (Å²) in [5.74, 6) is -0.0878. The van der Waals surface area contributed by atoms with Crippen molar-refractivity contribution >= 4 is 11.8 Å². The summed E-state index contributed by atoms with van der Waals surface area (Å²) in [5, 5.41) is 0. The van der Waals surface area contributed by atoms with Gasteiger partial charge in [-0.2, -0.15) is 0 Å². The van der Waals surface area contributed by atoms with E-state index in [0.717, 1.165) is 54.1 Å². The standard InChI is InChI=1S/C24H31NO5/c1-15-9-16(2)24(17(3)10-15)30-14-23(27)29-13-22(26)21-11-18(4)25(19(21)5)12-20-7-6-8-28-20/h9-11,20H,6-8,12-14H2,1-5H3/t20-/m1/s1. The third-order valence-electron chi connectivity index (χ3n) is 5.59. The average Bonchev–Trinajstić information content (AvgIpc) is 3.29. The normalized spacial score (nSPS) is 16.0. The Bertz CT molecular complexity index is 914. The first-order chi connectivity index (χ1) is 14.3. The zero-order valence-electron chi connectivity index (χ0n) is 18.5. The van der Waals surface area contributed by atoms with Gasteiger partial charge in [0.05, 0.1) is 6.10 Å². The number of esters is 1. The minimum Gasteiger partial charge on any atom is -0.481 e. The Morgan fingerprint density at radius 2 is 1.77 bits per heavy atom. The summed E-state index contributed by atoms with van der Waals surface area (Å²) in [6.07, 6.45) is 2.31. The van der Waals surface area contributed by atoms with Crippen molar-refractivity contribution in [3.05, 3.63) is 51.8 Å². The Kier molecular flexibility index (Phi) is 6.98. The van der Waals surface area contributed by atoms with Crippen LogP contribution in [0.4, 0.5) is 0 Å². The first-order valence-corrected chi connectivity index (χ1v) is 10.4. The van der Waals surface area contributed by atoms with Gasteiger partial charge in [-0.1, -0.05) is 17.7 Å². The molecule has 3 rings (SSSR count). The molecular formula is C24H31NO5. The molecule has 1 atom stereocenters. The smallest absolute Gasteiger partial charge is 0.344 e. The zero-order valence-corrected chi connectivity index (χ0v) is 18.5. The fourth-order valence-electron chi connectivity index (χ4n) is 4.15. The van der Waals surface area contributed by atoms with Crippen molar-refractivity contribution in [2.45, 2.75) is 60.1 Å². The lowest BCUT2D eigenvalue weighted by atomic mass is 10.1. The molecule has 1 aliphatic heterocycles. The molecule has 0 aliphatic carbocycles. The molecular weight excluding hydrogens is 382 g/mol. The van der Waals surface area contributed by atoms with Crippen molar-refractivity contribution in [3.8, 4) is 5.75 Å². The van der Waals surface area contributed by atoms with Gasteiger partial charge in [0.15, 0.2) is 13.2 Å². The highest BCUT2D eigenvalue weighted by atomic mass is 16.6. The summed E-state index contributed by atoms with van der Waals surface area (Å²) in [6.45, 7) is 10.8. The van der Waals surface area contributed by atoms with Gasteiger partial charge in [-0.15, -0.1) is 0 Å². The number of nitrogens with zero attached hydrogens (tertiary/aromatic N) is 1. The molecule has 2 heterocycles. The van der Waals surface area contributed by atoms with Crippen LogP contribution in [-0.4, -0.2) is 42.2 Å². The molecule has 1 fully saturated rings. The first kappa shape index (κ1) is 22.1. The molecule has 0 bridgehead atoms. The van der Waals surface area contributed by atoms with Gasteiger partial charge in [-0.3, -0.25) is 4.79 Å². The molecule has 1 aromatic heterocycles. The Morgan fingerprint density at radius 1 is 1.07 bits per heavy atom. The van der Waals surface area contributed by atoms with E-state index in [9.17, 15) is 9.59 Å². The molecule has 0 unspecified atom stereocenters. The zero-order chi connectivity index (χ0) is 21.8. The molecule has 0 saturated carbocycles. The maximum Gasteiger partial charge on any atom is 0.344 e. The largest absolute Gasteiger partial charge is 0.481 e. The number of carbonyl (C=O) groups excluding carboxylic acids is 2. The summed E-state index contributed by atoms with van der Waals surface area (Å²) < 4.78 is 18.6. The third-order valence-corrected chi connectivity index (χ3v) is 5.59. The van der Waals surface area contributed by atoms with Crippen molar-refractivity contribution in [1.29, 1.82) is 0 Å². The number of ketones is 1. The maximum atomic E-state index is 12.6. The summed E-state index contributed by atoms with van der Waals surface area (Å²) >= 11 is 0. The molecule has 0 N–H and O–H groups in total. The summed E-state index contributed by atoms with van der Waals surface area (Å²) in [7, 11) is 0. The number of benzene rings is 1. The van der Waals surface area contributed by atoms with Crippen LogP contribution in [0, 0.1) is 34.6 Å². The number of Topliss-reactive ketones (excluding diaryl/α,β-unsaturated/α-hetero) is 1. The number of carbonyl (C=O) groups is 2. The van der Waals surface area contributed by atoms with Gasteiger partial charge in [0.1, 0.15) is 5.75 Å². The van der Waals surface area contributed by atoms with Gasteiger partial charge in [0, 0.05) is 30.1 Å². The average molecular weight is 414 g/mol. The van der Waals surface area contributed by atoms with Crippen LogP contribution in [0.2, 0.25) is 0 Å². The molecule has 6 heteroatoms. The molecule has 162 valence electrons. The van der Waals surface area contributed by atoms with Crippen molar-refractivity contribution < 1.29 is 23.8 Å². The van der Waals surface area contributed by atoms with Crippen LogP contribution < -0.4 is 4.74 Å². The Morgan fingerprint density at radius 3 is 2.40 bits per heavy atom. The molecule has 6 nitrogen and oxygen atoms in total. The molecule has 0 radical (unpaired) electrons. The molecule has 1 aliphatic rings. The predicted molar refractivity (Wildman–Crippen MR) is 114 cm³/mol. The monoisotopic (exact) mass is 413 g/mol. The summed E-state index contributed by atoms with van der Waals surface area (Å²) in [4.78, 5) is 24.7. The minimum absolute atomic E-state index is 0.196. The molecule has 2 aromatic rings. The number of hydrogen-bond acceptors (Lipinski definition) is 5. The lowest BCUT2D eigenvalue weighted by Crippen LogP contribution is -2.21. The van der Waals surface area contributed by atoms with Crippen LogP contribution in [0.1, 0.15) is 51.3 Å². The van der Waals surface area contributed by atoms with Crippen molar-refractivity contribution in [2.75, 3.05) is 19.8 Å². The van der Waals surface area contributed by atoms with E-state index in [0.29, 0.717) is 11.3 Å². The van der Waals surface area contributed by atoms with Crippen LogP contribution in [0.15, 0.2) is 18.2 Å². The van der Waals surface area contributed by atoms with E-state index in [-0.39, 0.29) is 25.1 Å². The summed E-state index contributed by atoms with van der Waals surface area (Å²) in [6, 6.07) is 5.86. The van der Waals surface area contributed by atoms with Gasteiger partial charge in [0.2, 0.25) is 5.78 Å². The van der Waals surface area contributed by atoms with E-state index in [2.05, 4.69) is 4.57 Å². The Hall–Kier alpha value is -2.60. The first-order valence-electron chi connectivity index (χ1n) is 10.4. The molecule has 0 spiro atoms. The highest BCUT2D eigenvalue weighted by Crippen LogP contribution is 2.24. The van der Waals surface area contributed by atoms with Crippen molar-refractivity contribution in [1.82, 2.24) is 4.57 Å². The number of ether oxygens (including phenoxy) is 3. The Labute approximate surface area is 178 Å². The van der Waals surface area contributed by atoms with E-state index >= 15 is 0 Å². The number of aromatic nitrogens is 1. The Balaban J connectivity index is 1.54. The summed E-state index contributed by atoms with van der Waals surface area (Å²) in [5.41, 5.74) is 5.55. The van der Waals surface area contributed by atoms with Crippen LogP contribution in [0.3, 0.4) is 0 Å². The predicted octanol–water partition coefficient (Wildman–Crippen LogP) is 4.01. The fraction of sp³-hybridized carbons (Fsp3) is 0.500. The minimum atomic E-state index is -0.559. The van der Waals surface area contributed by atoms with Gasteiger partial charge in [-0.05, 0) is 64.7 Å². The van der Waals surface area contributed by atoms with E-state index in [1.807, 2.05) is 52.8 Å². The lowest BCUT2D eigenvalue weighted by Gasteiger charge is -2.15. The van der Waals surface area contributed by atoms with Crippen LogP contribution in [0.5, 0.6) is 5.75 Å². The SMILES string of the molecule is Cc1cc(C)c(OCC(=O)OCC(=O)c2cc(C)n(C[C@H]3CCCO3)c2C)c(C)c1. The van der Waals surface area contributed by atoms with E-state index in [4.69, 9.17) is 14.2 Å². The van der Waals surface area contributed by atoms with Crippen molar-refractivity contribution in [3.63, 3.8) is 0 Å². The highest BCUT2D eigenvalue weighted by Gasteiger charge is 2.22. The van der Waals surface area contributed by atoms with Gasteiger partial charge in [0.25, 0.3) is 0 Å².